The molecule has 1 amide bonds. The number of amides is 1. The van der Waals surface area contributed by atoms with Gasteiger partial charge in [-0.05, 0) is 19.4 Å². The first kappa shape index (κ1) is 23.0. The molecule has 1 atom stereocenters. The van der Waals surface area contributed by atoms with Crippen LogP contribution in [0.4, 0.5) is 5.69 Å². The summed E-state index contributed by atoms with van der Waals surface area (Å²) in [5, 5.41) is 22.8. The van der Waals surface area contributed by atoms with Gasteiger partial charge < -0.3 is 14.7 Å². The average molecular weight is 473 g/mol. The van der Waals surface area contributed by atoms with Crippen LogP contribution in [0.2, 0.25) is 0 Å². The fraction of sp³-hybridized carbons (Fsp3) is 0.409. The number of carbonyl (C=O) groups excluding carboxylic acids is 2. The molecular formula is C22H24N4O6S. The second-order valence-electron chi connectivity index (χ2n) is 7.95. The van der Waals surface area contributed by atoms with Gasteiger partial charge in [-0.2, -0.15) is 0 Å². The number of carbonyl (C=O) groups is 2. The fourth-order valence-corrected chi connectivity index (χ4v) is 5.08. The second kappa shape index (κ2) is 9.38. The van der Waals surface area contributed by atoms with E-state index < -0.39 is 28.4 Å². The number of non-ortho nitro benzene ring substituents is 1. The molecule has 0 saturated carbocycles. The first-order chi connectivity index (χ1) is 15.8. The van der Waals surface area contributed by atoms with E-state index in [9.17, 15) is 24.8 Å². The van der Waals surface area contributed by atoms with Crippen molar-refractivity contribution in [2.75, 3.05) is 39.4 Å². The maximum absolute atomic E-state index is 13.5. The van der Waals surface area contributed by atoms with Gasteiger partial charge in [0.2, 0.25) is 5.78 Å². The van der Waals surface area contributed by atoms with Crippen LogP contribution in [0.15, 0.2) is 35.6 Å². The summed E-state index contributed by atoms with van der Waals surface area (Å²) in [6, 6.07) is 4.89. The number of aryl methyl sites for hydroxylation is 2. The predicted octanol–water partition coefficient (Wildman–Crippen LogP) is 2.58. The van der Waals surface area contributed by atoms with E-state index in [1.54, 1.807) is 19.9 Å². The molecule has 1 aromatic carbocycles. The number of nitro benzene ring substituents is 1. The van der Waals surface area contributed by atoms with Crippen molar-refractivity contribution in [1.82, 2.24) is 14.8 Å². The van der Waals surface area contributed by atoms with E-state index in [1.807, 2.05) is 0 Å². The van der Waals surface area contributed by atoms with E-state index in [0.717, 1.165) is 0 Å². The third kappa shape index (κ3) is 4.52. The predicted molar refractivity (Wildman–Crippen MR) is 120 cm³/mol. The van der Waals surface area contributed by atoms with Crippen molar-refractivity contribution in [3.8, 4) is 0 Å². The van der Waals surface area contributed by atoms with Gasteiger partial charge in [-0.25, -0.2) is 4.98 Å². The molecule has 1 fully saturated rings. The summed E-state index contributed by atoms with van der Waals surface area (Å²) < 4.78 is 5.36. The highest BCUT2D eigenvalue weighted by atomic mass is 32.1. The van der Waals surface area contributed by atoms with Crippen molar-refractivity contribution < 1.29 is 24.4 Å². The number of rotatable bonds is 7. The largest absolute Gasteiger partial charge is 0.503 e. The summed E-state index contributed by atoms with van der Waals surface area (Å²) in [5.74, 6) is -1.78. The van der Waals surface area contributed by atoms with Gasteiger partial charge in [0, 0.05) is 38.3 Å². The fourth-order valence-electron chi connectivity index (χ4n) is 4.21. The van der Waals surface area contributed by atoms with Gasteiger partial charge in [0.25, 0.3) is 11.6 Å². The lowest BCUT2D eigenvalue weighted by atomic mass is 9.94. The minimum atomic E-state index is -0.937. The molecule has 11 heteroatoms. The van der Waals surface area contributed by atoms with Crippen LogP contribution < -0.4 is 0 Å². The smallest absolute Gasteiger partial charge is 0.290 e. The Balaban J connectivity index is 1.73. The number of aliphatic hydroxyl groups is 1. The summed E-state index contributed by atoms with van der Waals surface area (Å²) in [6.45, 7) is 6.86. The number of ether oxygens (including phenoxy) is 1. The minimum Gasteiger partial charge on any atom is -0.503 e. The summed E-state index contributed by atoms with van der Waals surface area (Å²) >= 11 is 1.19. The Morgan fingerprint density at radius 1 is 1.30 bits per heavy atom. The highest BCUT2D eigenvalue weighted by Crippen LogP contribution is 2.40. The molecule has 1 unspecified atom stereocenters. The number of nitrogens with zero attached hydrogens (tertiary/aromatic N) is 4. The Bertz CT molecular complexity index is 1140. The first-order valence-electron chi connectivity index (χ1n) is 10.5. The van der Waals surface area contributed by atoms with Gasteiger partial charge in [0.15, 0.2) is 5.76 Å². The van der Waals surface area contributed by atoms with E-state index >= 15 is 0 Å². The van der Waals surface area contributed by atoms with Crippen molar-refractivity contribution in [1.29, 1.82) is 0 Å². The molecule has 10 nitrogen and oxygen atoms in total. The van der Waals surface area contributed by atoms with Gasteiger partial charge in [-0.1, -0.05) is 12.1 Å². The van der Waals surface area contributed by atoms with Crippen molar-refractivity contribution in [2.45, 2.75) is 19.9 Å². The molecule has 0 radical (unpaired) electrons. The maximum Gasteiger partial charge on any atom is 0.290 e. The topological polar surface area (TPSA) is 126 Å². The Morgan fingerprint density at radius 2 is 2.03 bits per heavy atom. The molecule has 2 aliphatic rings. The summed E-state index contributed by atoms with van der Waals surface area (Å²) in [4.78, 5) is 45.6. The first-order valence-corrected chi connectivity index (χ1v) is 11.4. The van der Waals surface area contributed by atoms with Crippen LogP contribution in [0.5, 0.6) is 0 Å². The van der Waals surface area contributed by atoms with Crippen LogP contribution in [0.25, 0.3) is 0 Å². The zero-order chi connectivity index (χ0) is 23.7. The second-order valence-corrected chi connectivity index (χ2v) is 9.15. The van der Waals surface area contributed by atoms with Crippen molar-refractivity contribution in [3.05, 3.63) is 66.9 Å². The summed E-state index contributed by atoms with van der Waals surface area (Å²) in [5.41, 5.74) is 0.677. The van der Waals surface area contributed by atoms with Crippen LogP contribution in [-0.4, -0.2) is 75.9 Å². The number of benzene rings is 1. The minimum absolute atomic E-state index is 0.0748. The average Bonchev–Trinajstić information content (AvgIpc) is 3.28. The molecule has 1 saturated heterocycles. The Kier molecular flexibility index (Phi) is 6.54. The number of nitro groups is 1. The molecule has 0 aliphatic carbocycles. The zero-order valence-corrected chi connectivity index (χ0v) is 19.1. The number of thiazole rings is 1. The highest BCUT2D eigenvalue weighted by molar-refractivity contribution is 7.14. The molecule has 1 aromatic heterocycles. The van der Waals surface area contributed by atoms with Crippen LogP contribution in [0.3, 0.4) is 0 Å². The lowest BCUT2D eigenvalue weighted by Gasteiger charge is -2.31. The normalized spacial score (nSPS) is 19.4. The Morgan fingerprint density at radius 3 is 2.67 bits per heavy atom. The summed E-state index contributed by atoms with van der Waals surface area (Å²) in [6.07, 6.45) is 0. The molecule has 3 heterocycles. The molecule has 1 N–H and O–H groups in total. The number of hydrogen-bond acceptors (Lipinski definition) is 9. The van der Waals surface area contributed by atoms with Crippen molar-refractivity contribution in [2.24, 2.45) is 0 Å². The Labute approximate surface area is 194 Å². The van der Waals surface area contributed by atoms with Gasteiger partial charge in [0.1, 0.15) is 0 Å². The number of aromatic nitrogens is 1. The number of aliphatic hydroxyl groups excluding tert-OH is 1. The maximum atomic E-state index is 13.5. The number of ketones is 1. The SMILES string of the molecule is Cc1nc(C)c(C(=O)C2=C(O)C(=O)N(CCN3CCOCC3)C2c2cccc([N+](=O)[O-])c2)s1. The lowest BCUT2D eigenvalue weighted by molar-refractivity contribution is -0.384. The molecule has 0 bridgehead atoms. The van der Waals surface area contributed by atoms with E-state index in [2.05, 4.69) is 9.88 Å². The van der Waals surface area contributed by atoms with E-state index in [0.29, 0.717) is 54.0 Å². The number of Topliss-reactive ketones (excluding diaryl/α,β-unsaturated/α-hetero) is 1. The van der Waals surface area contributed by atoms with Gasteiger partial charge in [-0.3, -0.25) is 24.6 Å². The van der Waals surface area contributed by atoms with Crippen molar-refractivity contribution in [3.63, 3.8) is 0 Å². The zero-order valence-electron chi connectivity index (χ0n) is 18.3. The molecule has 2 aliphatic heterocycles. The highest BCUT2D eigenvalue weighted by Gasteiger charge is 2.44. The quantitative estimate of drug-likeness (QED) is 0.370. The van der Waals surface area contributed by atoms with E-state index in [4.69, 9.17) is 4.74 Å². The van der Waals surface area contributed by atoms with E-state index in [1.165, 1.54) is 34.4 Å². The van der Waals surface area contributed by atoms with Gasteiger partial charge in [0.05, 0.1) is 45.3 Å². The standard InChI is InChI=1S/C22H24N4O6S/c1-13-21(33-14(2)23-13)19(27)17-18(15-4-3-5-16(12-15)26(30)31)25(22(29)20(17)28)7-6-24-8-10-32-11-9-24/h3-5,12,18,28H,6-11H2,1-2H3. The molecular weight excluding hydrogens is 448 g/mol. The Hall–Kier alpha value is -3.15. The van der Waals surface area contributed by atoms with E-state index in [-0.39, 0.29) is 17.8 Å². The monoisotopic (exact) mass is 472 g/mol. The van der Waals surface area contributed by atoms with Crippen molar-refractivity contribution >= 4 is 28.7 Å². The molecule has 33 heavy (non-hydrogen) atoms. The van der Waals surface area contributed by atoms with Crippen LogP contribution in [0.1, 0.15) is 32.0 Å². The van der Waals surface area contributed by atoms with Gasteiger partial charge >= 0.3 is 0 Å². The number of hydrogen-bond donors (Lipinski definition) is 1. The molecule has 174 valence electrons. The lowest BCUT2D eigenvalue weighted by Crippen LogP contribution is -2.43. The third-order valence-corrected chi connectivity index (χ3v) is 6.89. The third-order valence-electron chi connectivity index (χ3n) is 5.82. The number of morpholine rings is 1. The molecule has 2 aromatic rings. The van der Waals surface area contributed by atoms with Crippen LogP contribution in [0, 0.1) is 24.0 Å². The molecule has 0 spiro atoms. The van der Waals surface area contributed by atoms with Crippen LogP contribution in [-0.2, 0) is 9.53 Å². The summed E-state index contributed by atoms with van der Waals surface area (Å²) in [7, 11) is 0. The molecule has 4 rings (SSSR count). The van der Waals surface area contributed by atoms with Gasteiger partial charge in [-0.15, -0.1) is 11.3 Å². The van der Waals surface area contributed by atoms with Crippen LogP contribution >= 0.6 is 11.3 Å².